The smallest absolute Gasteiger partial charge is 0.337 e. The molecule has 1 unspecified atom stereocenters. The molecule has 0 saturated carbocycles. The van der Waals surface area contributed by atoms with Crippen molar-refractivity contribution >= 4 is 23.5 Å². The van der Waals surface area contributed by atoms with E-state index in [0.717, 1.165) is 0 Å². The van der Waals surface area contributed by atoms with Crippen LogP contribution >= 0.6 is 0 Å². The van der Waals surface area contributed by atoms with Gasteiger partial charge in [0.2, 0.25) is 5.91 Å². The Kier molecular flexibility index (Phi) is 4.98. The van der Waals surface area contributed by atoms with Crippen LogP contribution in [0.4, 0.5) is 5.69 Å². The topological polar surface area (TPSA) is 142 Å². The molecule has 0 heterocycles. The summed E-state index contributed by atoms with van der Waals surface area (Å²) >= 11 is 0. The lowest BCUT2D eigenvalue weighted by atomic mass is 10.1. The first-order chi connectivity index (χ1) is 8.95. The number of carboxylic acid groups (broad SMARTS) is 2. The van der Waals surface area contributed by atoms with Crippen LogP contribution in [0.1, 0.15) is 16.8 Å². The van der Waals surface area contributed by atoms with Crippen LogP contribution in [0.5, 0.6) is 0 Å². The summed E-state index contributed by atoms with van der Waals surface area (Å²) in [6, 6.07) is 4.62. The van der Waals surface area contributed by atoms with Crippen molar-refractivity contribution in [3.8, 4) is 0 Å². The number of hydrogen-bond donors (Lipinski definition) is 5. The maximum Gasteiger partial charge on any atom is 0.337 e. The highest BCUT2D eigenvalue weighted by atomic mass is 16.4. The van der Waals surface area contributed by atoms with Crippen LogP contribution in [0.2, 0.25) is 0 Å². The predicted molar refractivity (Wildman–Crippen MR) is 65.4 cm³/mol. The molecule has 0 saturated heterocycles. The summed E-state index contributed by atoms with van der Waals surface area (Å²) in [7, 11) is 0. The first-order valence-corrected chi connectivity index (χ1v) is 5.26. The van der Waals surface area contributed by atoms with E-state index in [0.29, 0.717) is 0 Å². The van der Waals surface area contributed by atoms with Gasteiger partial charge < -0.3 is 15.5 Å². The third-order valence-corrected chi connectivity index (χ3v) is 2.31. The lowest BCUT2D eigenvalue weighted by molar-refractivity contribution is -0.139. The van der Waals surface area contributed by atoms with Crippen LogP contribution in [-0.4, -0.2) is 34.1 Å². The van der Waals surface area contributed by atoms with E-state index in [1.54, 1.807) is 6.07 Å². The van der Waals surface area contributed by atoms with Crippen molar-refractivity contribution in [3.05, 3.63) is 29.8 Å². The van der Waals surface area contributed by atoms with Crippen molar-refractivity contribution in [2.24, 2.45) is 5.84 Å². The van der Waals surface area contributed by atoms with E-state index in [1.807, 2.05) is 0 Å². The highest BCUT2D eigenvalue weighted by Crippen LogP contribution is 2.15. The molecule has 0 fully saturated rings. The quantitative estimate of drug-likeness (QED) is 0.349. The molecule has 1 atom stereocenters. The van der Waals surface area contributed by atoms with Gasteiger partial charge in [-0.15, -0.1) is 0 Å². The van der Waals surface area contributed by atoms with Crippen LogP contribution in [0.15, 0.2) is 24.3 Å². The molecule has 0 aliphatic carbocycles. The molecule has 8 nitrogen and oxygen atoms in total. The fourth-order valence-corrected chi connectivity index (χ4v) is 1.40. The number of carbonyl (C=O) groups excluding carboxylic acids is 1. The van der Waals surface area contributed by atoms with Gasteiger partial charge >= 0.3 is 11.9 Å². The number of rotatable bonds is 6. The molecular formula is C11H13N3O5. The second-order valence-electron chi connectivity index (χ2n) is 3.66. The fourth-order valence-electron chi connectivity index (χ4n) is 1.40. The number of benzene rings is 1. The maximum atomic E-state index is 11.7. The van der Waals surface area contributed by atoms with Crippen molar-refractivity contribution in [2.45, 2.75) is 12.5 Å². The Hall–Kier alpha value is -2.45. The van der Waals surface area contributed by atoms with Crippen LogP contribution in [0, 0.1) is 0 Å². The highest BCUT2D eigenvalue weighted by Gasteiger charge is 2.21. The van der Waals surface area contributed by atoms with Crippen molar-refractivity contribution in [3.63, 3.8) is 0 Å². The van der Waals surface area contributed by atoms with Gasteiger partial charge in [-0.25, -0.2) is 10.2 Å². The van der Waals surface area contributed by atoms with E-state index in [-0.39, 0.29) is 11.3 Å². The summed E-state index contributed by atoms with van der Waals surface area (Å²) in [5.41, 5.74) is 2.04. The van der Waals surface area contributed by atoms with E-state index in [4.69, 9.17) is 16.1 Å². The monoisotopic (exact) mass is 267 g/mol. The maximum absolute atomic E-state index is 11.7. The van der Waals surface area contributed by atoms with Crippen LogP contribution in [-0.2, 0) is 9.59 Å². The minimum Gasteiger partial charge on any atom is -0.481 e. The van der Waals surface area contributed by atoms with E-state index < -0.39 is 30.3 Å². The molecule has 0 spiro atoms. The largest absolute Gasteiger partial charge is 0.481 e. The zero-order valence-corrected chi connectivity index (χ0v) is 9.79. The molecule has 102 valence electrons. The minimum absolute atomic E-state index is 0.0747. The van der Waals surface area contributed by atoms with Crippen LogP contribution < -0.4 is 16.6 Å². The van der Waals surface area contributed by atoms with Gasteiger partial charge in [-0.2, -0.15) is 0 Å². The summed E-state index contributed by atoms with van der Waals surface area (Å²) in [5.74, 6) is 1.95. The molecule has 19 heavy (non-hydrogen) atoms. The zero-order valence-electron chi connectivity index (χ0n) is 9.79. The molecule has 0 aliphatic heterocycles. The molecule has 0 bridgehead atoms. The lowest BCUT2D eigenvalue weighted by Crippen LogP contribution is -2.45. The number of aromatic carboxylic acids is 1. The zero-order chi connectivity index (χ0) is 14.4. The third kappa shape index (κ3) is 4.05. The van der Waals surface area contributed by atoms with Gasteiger partial charge in [0, 0.05) is 0 Å². The summed E-state index contributed by atoms with van der Waals surface area (Å²) in [6.07, 6.45) is -0.516. The number of nitrogens with two attached hydrogens (primary N) is 1. The van der Waals surface area contributed by atoms with Gasteiger partial charge in [-0.05, 0) is 12.1 Å². The molecular weight excluding hydrogens is 254 g/mol. The Labute approximate surface area is 108 Å². The number of carboxylic acids is 2. The van der Waals surface area contributed by atoms with Gasteiger partial charge in [0.15, 0.2) is 0 Å². The SMILES string of the molecule is NNC(CC(=O)O)C(=O)Nc1ccccc1C(=O)O. The number of hydrogen-bond acceptors (Lipinski definition) is 5. The van der Waals surface area contributed by atoms with Gasteiger partial charge in [-0.3, -0.25) is 15.4 Å². The first kappa shape index (κ1) is 14.6. The van der Waals surface area contributed by atoms with Crippen LogP contribution in [0.25, 0.3) is 0 Å². The predicted octanol–water partition coefficient (Wildman–Crippen LogP) is -0.370. The van der Waals surface area contributed by atoms with Gasteiger partial charge in [0.05, 0.1) is 17.7 Å². The summed E-state index contributed by atoms with van der Waals surface area (Å²) in [5, 5.41) is 19.9. The Morgan fingerprint density at radius 3 is 2.37 bits per heavy atom. The minimum atomic E-state index is -1.20. The Bertz CT molecular complexity index is 503. The highest BCUT2D eigenvalue weighted by molar-refractivity contribution is 6.02. The summed E-state index contributed by atoms with van der Waals surface area (Å²) < 4.78 is 0. The lowest BCUT2D eigenvalue weighted by Gasteiger charge is -2.14. The van der Waals surface area contributed by atoms with Crippen molar-refractivity contribution in [1.82, 2.24) is 5.43 Å². The molecule has 1 rings (SSSR count). The summed E-state index contributed by atoms with van der Waals surface area (Å²) in [6.45, 7) is 0. The molecule has 1 amide bonds. The van der Waals surface area contributed by atoms with Gasteiger partial charge in [0.1, 0.15) is 6.04 Å². The van der Waals surface area contributed by atoms with E-state index in [9.17, 15) is 14.4 Å². The van der Waals surface area contributed by atoms with E-state index in [2.05, 4.69) is 10.7 Å². The number of para-hydroxylation sites is 1. The number of amides is 1. The molecule has 0 radical (unpaired) electrons. The second kappa shape index (κ2) is 6.47. The van der Waals surface area contributed by atoms with Gasteiger partial charge in [0.25, 0.3) is 0 Å². The number of hydrazine groups is 1. The van der Waals surface area contributed by atoms with Gasteiger partial charge in [-0.1, -0.05) is 12.1 Å². The number of anilines is 1. The average Bonchev–Trinajstić information content (AvgIpc) is 2.35. The van der Waals surface area contributed by atoms with E-state index >= 15 is 0 Å². The molecule has 0 aromatic heterocycles. The normalized spacial score (nSPS) is 11.6. The number of aliphatic carboxylic acids is 1. The average molecular weight is 267 g/mol. The molecule has 1 aromatic rings. The number of nitrogens with one attached hydrogen (secondary N) is 2. The van der Waals surface area contributed by atoms with Crippen LogP contribution in [0.3, 0.4) is 0 Å². The third-order valence-electron chi connectivity index (χ3n) is 2.31. The second-order valence-corrected chi connectivity index (χ2v) is 3.66. The van der Waals surface area contributed by atoms with Crippen molar-refractivity contribution < 1.29 is 24.6 Å². The molecule has 0 aliphatic rings. The molecule has 8 heteroatoms. The van der Waals surface area contributed by atoms with E-state index in [1.165, 1.54) is 18.2 Å². The number of carbonyl (C=O) groups is 3. The van der Waals surface area contributed by atoms with Crippen molar-refractivity contribution in [1.29, 1.82) is 0 Å². The molecule has 6 N–H and O–H groups in total. The standard InChI is InChI=1S/C11H13N3O5/c12-14-8(5-9(15)16)10(17)13-7-4-2-1-3-6(7)11(18)19/h1-4,8,14H,5,12H2,(H,13,17)(H,15,16)(H,18,19). The Morgan fingerprint density at radius 2 is 1.84 bits per heavy atom. The Balaban J connectivity index is 2.87. The fraction of sp³-hybridized carbons (Fsp3) is 0.182. The Morgan fingerprint density at radius 1 is 1.21 bits per heavy atom. The van der Waals surface area contributed by atoms with Crippen molar-refractivity contribution in [2.75, 3.05) is 5.32 Å². The first-order valence-electron chi connectivity index (χ1n) is 5.26. The summed E-state index contributed by atoms with van der Waals surface area (Å²) in [4.78, 5) is 33.2. The molecule has 1 aromatic carbocycles.